The summed E-state index contributed by atoms with van der Waals surface area (Å²) in [6, 6.07) is 43.3. The van der Waals surface area contributed by atoms with Gasteiger partial charge >= 0.3 is 6.09 Å². The SMILES string of the molecule is CCCCOC(=O)N1C[C@@H](P(c2ccccc2)c2ccccc2)C[C@]1(C)P(c1ccccc1)c1ccccc1. The molecule has 0 radical (unpaired) electrons. The Morgan fingerprint density at radius 2 is 1.21 bits per heavy atom. The lowest BCUT2D eigenvalue weighted by molar-refractivity contribution is 0.0935. The van der Waals surface area contributed by atoms with Crippen LogP contribution in [0.4, 0.5) is 4.79 Å². The summed E-state index contributed by atoms with van der Waals surface area (Å²) in [5.41, 5.74) is 0.311. The second kappa shape index (κ2) is 12.9. The van der Waals surface area contributed by atoms with Gasteiger partial charge in [-0.3, -0.25) is 4.90 Å². The molecule has 1 fully saturated rings. The van der Waals surface area contributed by atoms with Gasteiger partial charge in [0.2, 0.25) is 0 Å². The van der Waals surface area contributed by atoms with Crippen LogP contribution < -0.4 is 21.2 Å². The first-order valence-electron chi connectivity index (χ1n) is 13.9. The number of hydrogen-bond acceptors (Lipinski definition) is 2. The molecule has 4 aromatic rings. The van der Waals surface area contributed by atoms with E-state index in [1.54, 1.807) is 0 Å². The Bertz CT molecular complexity index is 1240. The molecular weight excluding hydrogens is 516 g/mol. The zero-order valence-corrected chi connectivity index (χ0v) is 24.6. The quantitative estimate of drug-likeness (QED) is 0.165. The van der Waals surface area contributed by atoms with E-state index in [9.17, 15) is 4.79 Å². The third kappa shape index (κ3) is 6.11. The van der Waals surface area contributed by atoms with Gasteiger partial charge in [0, 0.05) is 12.2 Å². The largest absolute Gasteiger partial charge is 0.449 e. The predicted octanol–water partition coefficient (Wildman–Crippen LogP) is 6.98. The van der Waals surface area contributed by atoms with E-state index in [1.165, 1.54) is 21.2 Å². The summed E-state index contributed by atoms with van der Waals surface area (Å²) in [5, 5.41) is 4.90. The molecule has 1 aliphatic rings. The van der Waals surface area contributed by atoms with Crippen LogP contribution in [0.2, 0.25) is 0 Å². The van der Waals surface area contributed by atoms with Gasteiger partial charge in [0.15, 0.2) is 0 Å². The topological polar surface area (TPSA) is 29.5 Å². The molecule has 0 N–H and O–H groups in total. The number of benzene rings is 4. The Morgan fingerprint density at radius 3 is 1.64 bits per heavy atom. The van der Waals surface area contributed by atoms with Crippen molar-refractivity contribution in [3.63, 3.8) is 0 Å². The van der Waals surface area contributed by atoms with Gasteiger partial charge in [0.05, 0.1) is 11.9 Å². The number of carbonyl (C=O) groups is 1. The smallest absolute Gasteiger partial charge is 0.410 e. The molecule has 1 aliphatic heterocycles. The third-order valence-electron chi connectivity index (χ3n) is 7.49. The lowest BCUT2D eigenvalue weighted by Gasteiger charge is -2.42. The minimum absolute atomic E-state index is 0.177. The summed E-state index contributed by atoms with van der Waals surface area (Å²) in [5.74, 6) is 0. The zero-order valence-electron chi connectivity index (χ0n) is 22.8. The van der Waals surface area contributed by atoms with Crippen LogP contribution in [0.1, 0.15) is 33.1 Å². The Morgan fingerprint density at radius 1 is 0.769 bits per heavy atom. The summed E-state index contributed by atoms with van der Waals surface area (Å²) < 4.78 is 5.93. The van der Waals surface area contributed by atoms with Gasteiger partial charge in [-0.1, -0.05) is 135 Å². The van der Waals surface area contributed by atoms with E-state index in [4.69, 9.17) is 4.74 Å². The number of rotatable bonds is 9. The van der Waals surface area contributed by atoms with Gasteiger partial charge < -0.3 is 4.74 Å². The lowest BCUT2D eigenvalue weighted by Crippen LogP contribution is -2.47. The molecule has 4 aromatic carbocycles. The van der Waals surface area contributed by atoms with E-state index in [0.717, 1.165) is 19.3 Å². The minimum Gasteiger partial charge on any atom is -0.449 e. The molecule has 0 bridgehead atoms. The van der Waals surface area contributed by atoms with E-state index >= 15 is 0 Å². The number of ether oxygens (including phenoxy) is 1. The van der Waals surface area contributed by atoms with Gasteiger partial charge in [0.1, 0.15) is 0 Å². The standard InChI is InChI=1S/C34H37NO2P2/c1-3-4-25-37-33(36)35-27-32(38(28-17-9-5-10-18-28)29-19-11-6-12-20-29)26-34(35,2)39(30-21-13-7-14-22-30)31-23-15-8-16-24-31/h5-24,32H,3-4,25-27H2,1-2H3/t32-,34-/m0/s1. The minimum atomic E-state index is -0.878. The molecule has 1 amide bonds. The summed E-state index contributed by atoms with van der Waals surface area (Å²) in [4.78, 5) is 16.0. The first-order valence-corrected chi connectivity index (χ1v) is 16.6. The number of hydrogen-bond donors (Lipinski definition) is 0. The van der Waals surface area contributed by atoms with E-state index in [-0.39, 0.29) is 6.09 Å². The Hall–Kier alpha value is -2.99. The monoisotopic (exact) mass is 553 g/mol. The van der Waals surface area contributed by atoms with Gasteiger partial charge in [-0.05, 0) is 56.8 Å². The summed E-state index contributed by atoms with van der Waals surface area (Å²) >= 11 is 0. The summed E-state index contributed by atoms with van der Waals surface area (Å²) in [6.07, 6.45) is 2.62. The van der Waals surface area contributed by atoms with Crippen LogP contribution in [0.5, 0.6) is 0 Å². The van der Waals surface area contributed by atoms with Crippen LogP contribution in [-0.4, -0.2) is 35.1 Å². The molecule has 5 heteroatoms. The van der Waals surface area contributed by atoms with Crippen LogP contribution >= 0.6 is 15.8 Å². The van der Waals surface area contributed by atoms with Gasteiger partial charge in [-0.15, -0.1) is 0 Å². The molecule has 5 rings (SSSR count). The number of nitrogens with zero attached hydrogens (tertiary/aromatic N) is 1. The molecule has 200 valence electrons. The third-order valence-corrected chi connectivity index (χ3v) is 13.3. The maximum absolute atomic E-state index is 13.9. The summed E-state index contributed by atoms with van der Waals surface area (Å²) in [7, 11) is -1.56. The lowest BCUT2D eigenvalue weighted by atomic mass is 10.2. The van der Waals surface area contributed by atoms with E-state index < -0.39 is 21.1 Å². The van der Waals surface area contributed by atoms with E-state index in [2.05, 4.69) is 140 Å². The van der Waals surface area contributed by atoms with Crippen molar-refractivity contribution in [2.24, 2.45) is 0 Å². The van der Waals surface area contributed by atoms with Crippen molar-refractivity contribution in [1.29, 1.82) is 0 Å². The van der Waals surface area contributed by atoms with Crippen molar-refractivity contribution in [2.45, 2.75) is 44.0 Å². The molecule has 0 aliphatic carbocycles. The Kier molecular flexibility index (Phi) is 9.13. The highest BCUT2D eigenvalue weighted by Crippen LogP contribution is 2.60. The van der Waals surface area contributed by atoms with Crippen molar-refractivity contribution in [1.82, 2.24) is 4.90 Å². The molecule has 1 saturated heterocycles. The van der Waals surface area contributed by atoms with Gasteiger partial charge in [-0.25, -0.2) is 4.79 Å². The highest BCUT2D eigenvalue weighted by atomic mass is 31.1. The van der Waals surface area contributed by atoms with Crippen molar-refractivity contribution in [3.05, 3.63) is 121 Å². The number of likely N-dealkylation sites (tertiary alicyclic amines) is 1. The van der Waals surface area contributed by atoms with Crippen LogP contribution in [0, 0.1) is 0 Å². The maximum atomic E-state index is 13.9. The first-order chi connectivity index (χ1) is 19.1. The highest BCUT2D eigenvalue weighted by molar-refractivity contribution is 7.75. The molecule has 0 saturated carbocycles. The molecule has 2 atom stereocenters. The molecule has 3 nitrogen and oxygen atoms in total. The number of amides is 1. The molecule has 0 aromatic heterocycles. The van der Waals surface area contributed by atoms with Crippen molar-refractivity contribution in [2.75, 3.05) is 13.2 Å². The second-order valence-electron chi connectivity index (χ2n) is 10.2. The molecule has 39 heavy (non-hydrogen) atoms. The van der Waals surface area contributed by atoms with E-state index in [0.29, 0.717) is 18.8 Å². The Balaban J connectivity index is 1.61. The van der Waals surface area contributed by atoms with Crippen LogP contribution in [-0.2, 0) is 4.74 Å². The fraction of sp³-hybridized carbons (Fsp3) is 0.265. The Labute approximate surface area is 235 Å². The first kappa shape index (κ1) is 27.6. The average molecular weight is 554 g/mol. The van der Waals surface area contributed by atoms with Crippen LogP contribution in [0.3, 0.4) is 0 Å². The molecule has 0 unspecified atom stereocenters. The molecule has 0 spiro atoms. The van der Waals surface area contributed by atoms with E-state index in [1.807, 2.05) is 0 Å². The molecular formula is C34H37NO2P2. The normalized spacial score (nSPS) is 19.0. The maximum Gasteiger partial charge on any atom is 0.410 e. The fourth-order valence-corrected chi connectivity index (χ4v) is 12.0. The van der Waals surface area contributed by atoms with Gasteiger partial charge in [-0.2, -0.15) is 0 Å². The van der Waals surface area contributed by atoms with Crippen molar-refractivity contribution in [3.8, 4) is 0 Å². The second-order valence-corrected chi connectivity index (χ2v) is 15.4. The summed E-state index contributed by atoms with van der Waals surface area (Å²) in [6.45, 7) is 5.59. The van der Waals surface area contributed by atoms with Crippen molar-refractivity contribution < 1.29 is 9.53 Å². The van der Waals surface area contributed by atoms with Crippen LogP contribution in [0.15, 0.2) is 121 Å². The highest BCUT2D eigenvalue weighted by Gasteiger charge is 2.53. The van der Waals surface area contributed by atoms with Crippen LogP contribution in [0.25, 0.3) is 0 Å². The zero-order chi connectivity index (χ0) is 27.1. The fourth-order valence-electron chi connectivity index (χ4n) is 5.67. The molecule has 1 heterocycles. The number of unbranched alkanes of at least 4 members (excludes halogenated alkanes) is 1. The van der Waals surface area contributed by atoms with Gasteiger partial charge in [0.25, 0.3) is 0 Å². The number of carbonyl (C=O) groups excluding carboxylic acids is 1. The van der Waals surface area contributed by atoms with Crippen molar-refractivity contribution >= 4 is 43.2 Å². The predicted molar refractivity (Wildman–Crippen MR) is 168 cm³/mol. The average Bonchev–Trinajstić information content (AvgIpc) is 3.32.